The lowest BCUT2D eigenvalue weighted by Crippen LogP contribution is -2.43. The fourth-order valence-electron chi connectivity index (χ4n) is 3.84. The number of rotatable bonds is 6. The molecule has 1 aromatic carbocycles. The molecule has 0 spiro atoms. The molecule has 1 saturated heterocycles. The molecular weight excluding hydrogens is 608 g/mol. The highest BCUT2D eigenvalue weighted by Gasteiger charge is 2.51. The zero-order chi connectivity index (χ0) is 32.3. The lowest BCUT2D eigenvalue weighted by atomic mass is 10.0. The van der Waals surface area contributed by atoms with E-state index < -0.39 is 41.0 Å². The van der Waals surface area contributed by atoms with E-state index in [1.807, 2.05) is 0 Å². The van der Waals surface area contributed by atoms with Gasteiger partial charge in [-0.1, -0.05) is 0 Å². The van der Waals surface area contributed by atoms with Crippen molar-refractivity contribution in [2.75, 3.05) is 4.90 Å². The number of thioether (sulfide) groups is 1. The third-order valence-corrected chi connectivity index (χ3v) is 6.62. The van der Waals surface area contributed by atoms with Crippen LogP contribution in [0.1, 0.15) is 29.9 Å². The van der Waals surface area contributed by atoms with Gasteiger partial charge in [0.05, 0.1) is 11.4 Å². The molecule has 0 radical (unpaired) electrons. The Labute approximate surface area is 243 Å². The van der Waals surface area contributed by atoms with Gasteiger partial charge in [-0.25, -0.2) is 14.5 Å². The van der Waals surface area contributed by atoms with Crippen LogP contribution in [0.25, 0.3) is 11.3 Å². The van der Waals surface area contributed by atoms with E-state index >= 15 is 0 Å². The van der Waals surface area contributed by atoms with Crippen molar-refractivity contribution in [3.8, 4) is 11.3 Å². The molecule has 0 unspecified atom stereocenters. The second-order valence-corrected chi connectivity index (χ2v) is 10.4. The SMILES string of the molecule is CC1(C)C(=O)N(c2ccc(SC(F)(F)F)cc2)C(=O)N1Cc1ccnc(-c2cccnc2C(N)=O)c1.O=C(O)C(F)(F)F. The number of alkyl halides is 6. The predicted molar refractivity (Wildman–Crippen MR) is 141 cm³/mol. The van der Waals surface area contributed by atoms with Crippen LogP contribution in [0.3, 0.4) is 0 Å². The first kappa shape index (κ1) is 32.8. The Hall–Kier alpha value is -4.67. The molecule has 10 nitrogen and oxygen atoms in total. The van der Waals surface area contributed by atoms with Crippen LogP contribution in [0, 0.1) is 0 Å². The molecule has 1 aliphatic heterocycles. The molecule has 0 aliphatic carbocycles. The van der Waals surface area contributed by atoms with Gasteiger partial charge in [0.1, 0.15) is 11.2 Å². The van der Waals surface area contributed by atoms with Gasteiger partial charge in [0.2, 0.25) is 0 Å². The number of halogens is 6. The maximum Gasteiger partial charge on any atom is 0.490 e. The number of nitrogens with two attached hydrogens (primary N) is 1. The molecule has 3 N–H and O–H groups in total. The van der Waals surface area contributed by atoms with Crippen LogP contribution in [0.5, 0.6) is 0 Å². The molecule has 2 aromatic heterocycles. The Balaban J connectivity index is 0.000000646. The van der Waals surface area contributed by atoms with Crippen molar-refractivity contribution in [2.24, 2.45) is 5.73 Å². The smallest absolute Gasteiger partial charge is 0.475 e. The summed E-state index contributed by atoms with van der Waals surface area (Å²) in [5.41, 5.74) is 1.43. The third kappa shape index (κ3) is 7.79. The molecule has 43 heavy (non-hydrogen) atoms. The zero-order valence-corrected chi connectivity index (χ0v) is 22.9. The second kappa shape index (κ2) is 12.3. The maximum atomic E-state index is 13.3. The lowest BCUT2D eigenvalue weighted by Gasteiger charge is -2.27. The summed E-state index contributed by atoms with van der Waals surface area (Å²) in [4.78, 5) is 57.7. The van der Waals surface area contributed by atoms with E-state index in [1.54, 1.807) is 38.1 Å². The van der Waals surface area contributed by atoms with E-state index in [4.69, 9.17) is 15.6 Å². The summed E-state index contributed by atoms with van der Waals surface area (Å²) in [6, 6.07) is 11.1. The van der Waals surface area contributed by atoms with E-state index in [1.165, 1.54) is 41.6 Å². The molecule has 3 heterocycles. The fraction of sp³-hybridized carbons (Fsp3) is 0.231. The number of hydrogen-bond donors (Lipinski definition) is 2. The zero-order valence-electron chi connectivity index (χ0n) is 22.1. The Kier molecular flexibility index (Phi) is 9.38. The molecule has 3 aromatic rings. The number of carboxylic acid groups (broad SMARTS) is 1. The van der Waals surface area contributed by atoms with E-state index in [0.717, 1.165) is 4.90 Å². The number of anilines is 1. The second-order valence-electron chi connectivity index (χ2n) is 9.23. The number of imide groups is 1. The molecule has 0 atom stereocenters. The Morgan fingerprint density at radius 1 is 0.977 bits per heavy atom. The van der Waals surface area contributed by atoms with Crippen LogP contribution in [-0.4, -0.2) is 61.0 Å². The van der Waals surface area contributed by atoms with E-state index in [9.17, 15) is 40.7 Å². The van der Waals surface area contributed by atoms with Crippen molar-refractivity contribution >= 4 is 41.3 Å². The highest BCUT2D eigenvalue weighted by Crippen LogP contribution is 2.39. The van der Waals surface area contributed by atoms with Crippen LogP contribution in [-0.2, 0) is 16.1 Å². The number of amides is 4. The first-order valence-electron chi connectivity index (χ1n) is 11.8. The molecule has 1 aliphatic rings. The van der Waals surface area contributed by atoms with Gasteiger partial charge in [-0.15, -0.1) is 0 Å². The van der Waals surface area contributed by atoms with Gasteiger partial charge in [-0.2, -0.15) is 26.3 Å². The molecular formula is C26H21F6N5O5S. The quantitative estimate of drug-likeness (QED) is 0.214. The van der Waals surface area contributed by atoms with Gasteiger partial charge in [-0.05, 0) is 79.7 Å². The highest BCUT2D eigenvalue weighted by atomic mass is 32.2. The van der Waals surface area contributed by atoms with Crippen LogP contribution in [0.15, 0.2) is 65.8 Å². The number of aliphatic carboxylic acids is 1. The standard InChI is InChI=1S/C24H20F3N5O3S.C2HF3O2/c1-23(2)21(34)32(15-5-7-16(8-6-15)36-24(25,26)27)22(35)31(23)13-14-9-11-29-18(12-14)17-4-3-10-30-19(17)20(28)33;3-2(4,5)1(6)7/h3-12H,13H2,1-2H3,(H2,28,33);(H,6,7). The number of primary amides is 1. The Morgan fingerprint density at radius 2 is 1.58 bits per heavy atom. The number of pyridine rings is 2. The van der Waals surface area contributed by atoms with Gasteiger partial charge in [0, 0.05) is 29.4 Å². The topological polar surface area (TPSA) is 147 Å². The number of nitrogens with zero attached hydrogens (tertiary/aromatic N) is 4. The number of carbonyl (C=O) groups is 4. The van der Waals surface area contributed by atoms with Crippen molar-refractivity contribution in [1.82, 2.24) is 14.9 Å². The first-order valence-corrected chi connectivity index (χ1v) is 12.7. The largest absolute Gasteiger partial charge is 0.490 e. The number of carbonyl (C=O) groups excluding carboxylic acids is 3. The van der Waals surface area contributed by atoms with Crippen molar-refractivity contribution < 1.29 is 50.6 Å². The fourth-order valence-corrected chi connectivity index (χ4v) is 4.38. The monoisotopic (exact) mass is 629 g/mol. The summed E-state index contributed by atoms with van der Waals surface area (Å²) in [6.07, 6.45) is -2.14. The van der Waals surface area contributed by atoms with Gasteiger partial charge in [0.25, 0.3) is 11.8 Å². The minimum Gasteiger partial charge on any atom is -0.475 e. The number of carboxylic acids is 1. The summed E-state index contributed by atoms with van der Waals surface area (Å²) in [5.74, 6) is -3.98. The van der Waals surface area contributed by atoms with E-state index in [2.05, 4.69) is 9.97 Å². The van der Waals surface area contributed by atoms with E-state index in [0.29, 0.717) is 16.8 Å². The molecule has 4 amide bonds. The van der Waals surface area contributed by atoms with Crippen molar-refractivity contribution in [1.29, 1.82) is 0 Å². The van der Waals surface area contributed by atoms with Gasteiger partial charge in [0.15, 0.2) is 0 Å². The summed E-state index contributed by atoms with van der Waals surface area (Å²) in [7, 11) is 0. The highest BCUT2D eigenvalue weighted by molar-refractivity contribution is 8.00. The van der Waals surface area contributed by atoms with Crippen LogP contribution in [0.2, 0.25) is 0 Å². The maximum absolute atomic E-state index is 13.3. The number of aromatic nitrogens is 2. The van der Waals surface area contributed by atoms with Gasteiger partial charge < -0.3 is 15.7 Å². The molecule has 228 valence electrons. The minimum absolute atomic E-state index is 0.0395. The van der Waals surface area contributed by atoms with Crippen LogP contribution < -0.4 is 10.6 Å². The average molecular weight is 630 g/mol. The lowest BCUT2D eigenvalue weighted by molar-refractivity contribution is -0.192. The molecule has 1 fully saturated rings. The van der Waals surface area contributed by atoms with Crippen LogP contribution >= 0.6 is 11.8 Å². The summed E-state index contributed by atoms with van der Waals surface area (Å²) < 4.78 is 69.6. The van der Waals surface area contributed by atoms with Crippen LogP contribution in [0.4, 0.5) is 36.8 Å². The molecule has 17 heteroatoms. The normalized spacial score (nSPS) is 14.8. The average Bonchev–Trinajstić information content (AvgIpc) is 3.07. The van der Waals surface area contributed by atoms with Gasteiger partial charge >= 0.3 is 23.7 Å². The molecule has 0 bridgehead atoms. The van der Waals surface area contributed by atoms with Gasteiger partial charge in [-0.3, -0.25) is 19.6 Å². The number of urea groups is 1. The number of benzene rings is 1. The van der Waals surface area contributed by atoms with Crippen molar-refractivity contribution in [3.63, 3.8) is 0 Å². The number of hydrogen-bond acceptors (Lipinski definition) is 7. The Bertz CT molecular complexity index is 1550. The minimum atomic E-state index is -5.08. The van der Waals surface area contributed by atoms with Crippen molar-refractivity contribution in [3.05, 3.63) is 72.2 Å². The first-order chi connectivity index (χ1) is 19.8. The Morgan fingerprint density at radius 3 is 2.12 bits per heavy atom. The molecule has 4 rings (SSSR count). The third-order valence-electron chi connectivity index (χ3n) is 5.88. The summed E-state index contributed by atoms with van der Waals surface area (Å²) in [5, 5.41) is 7.12. The van der Waals surface area contributed by atoms with E-state index in [-0.39, 0.29) is 34.6 Å². The van der Waals surface area contributed by atoms with Crippen molar-refractivity contribution in [2.45, 2.75) is 42.5 Å². The summed E-state index contributed by atoms with van der Waals surface area (Å²) in [6.45, 7) is 3.23. The summed E-state index contributed by atoms with van der Waals surface area (Å²) >= 11 is -0.280. The predicted octanol–water partition coefficient (Wildman–Crippen LogP) is 5.24. The molecule has 0 saturated carbocycles.